The molecule has 0 atom stereocenters. The van der Waals surface area contributed by atoms with Crippen molar-refractivity contribution >= 4 is 73.7 Å². The van der Waals surface area contributed by atoms with Gasteiger partial charge in [-0.2, -0.15) is 5.10 Å². The fraction of sp³-hybridized carbons (Fsp3) is 0. The molecule has 1 aromatic heterocycles. The molecule has 0 saturated heterocycles. The number of nitrogens with one attached hydrogen (secondary N) is 1. The minimum atomic E-state index is -0.546. The van der Waals surface area contributed by atoms with Gasteiger partial charge < -0.3 is 4.74 Å². The van der Waals surface area contributed by atoms with Crippen molar-refractivity contribution in [3.8, 4) is 5.75 Å². The molecular formula is C23H14ClIN2O3S. The summed E-state index contributed by atoms with van der Waals surface area (Å²) >= 11 is 9.75. The molecule has 3 aromatic carbocycles. The average Bonchev–Trinajstić information content (AvgIpc) is 3.12. The molecule has 8 heteroatoms. The van der Waals surface area contributed by atoms with Crippen LogP contribution < -0.4 is 10.2 Å². The van der Waals surface area contributed by atoms with Gasteiger partial charge in [-0.05, 0) is 52.9 Å². The maximum Gasteiger partial charge on any atom is 0.355 e. The van der Waals surface area contributed by atoms with Crippen LogP contribution in [0.25, 0.3) is 10.1 Å². The van der Waals surface area contributed by atoms with E-state index in [9.17, 15) is 9.59 Å². The monoisotopic (exact) mass is 560 g/mol. The number of hydrogen-bond acceptors (Lipinski definition) is 5. The van der Waals surface area contributed by atoms with Gasteiger partial charge >= 0.3 is 5.97 Å². The lowest BCUT2D eigenvalue weighted by Crippen LogP contribution is -2.18. The number of halogens is 2. The van der Waals surface area contributed by atoms with Crippen LogP contribution in [-0.4, -0.2) is 18.1 Å². The Balaban J connectivity index is 1.51. The Hall–Kier alpha value is -2.75. The smallest absolute Gasteiger partial charge is 0.355 e. The molecule has 31 heavy (non-hydrogen) atoms. The summed E-state index contributed by atoms with van der Waals surface area (Å²) in [5.41, 5.74) is 3.56. The van der Waals surface area contributed by atoms with E-state index < -0.39 is 5.97 Å². The standard InChI is InChI=1S/C23H14ClIN2O3S/c24-20-16-9-3-6-12-19(16)31-21(20)23(29)30-18-11-5-1-7-14(18)13-26-27-22(28)15-8-2-4-10-17(15)25/h1-13H,(H,27,28)/b26-13-. The Morgan fingerprint density at radius 3 is 2.52 bits per heavy atom. The predicted molar refractivity (Wildman–Crippen MR) is 132 cm³/mol. The molecule has 0 aliphatic carbocycles. The number of carbonyl (C=O) groups is 2. The molecule has 0 bridgehead atoms. The number of thiophene rings is 1. The van der Waals surface area contributed by atoms with Crippen LogP contribution in [0, 0.1) is 3.57 Å². The quantitative estimate of drug-likeness (QED) is 0.105. The SMILES string of the molecule is O=C(N/N=C\c1ccccc1OC(=O)c1sc2ccccc2c1Cl)c1ccccc1I. The lowest BCUT2D eigenvalue weighted by atomic mass is 10.2. The highest BCUT2D eigenvalue weighted by Gasteiger charge is 2.19. The molecule has 5 nitrogen and oxygen atoms in total. The lowest BCUT2D eigenvalue weighted by molar-refractivity contribution is 0.0739. The molecule has 154 valence electrons. The molecule has 0 aliphatic rings. The van der Waals surface area contributed by atoms with Crippen LogP contribution in [0.5, 0.6) is 5.75 Å². The van der Waals surface area contributed by atoms with Crippen molar-refractivity contribution in [3.63, 3.8) is 0 Å². The number of ether oxygens (including phenoxy) is 1. The summed E-state index contributed by atoms with van der Waals surface area (Å²) in [4.78, 5) is 25.4. The molecule has 1 N–H and O–H groups in total. The second-order valence-electron chi connectivity index (χ2n) is 6.35. The number of rotatable bonds is 5. The fourth-order valence-electron chi connectivity index (χ4n) is 2.84. The number of fused-ring (bicyclic) bond motifs is 1. The topological polar surface area (TPSA) is 67.8 Å². The summed E-state index contributed by atoms with van der Waals surface area (Å²) in [5.74, 6) is -0.559. The normalized spacial score (nSPS) is 11.0. The first-order valence-electron chi connectivity index (χ1n) is 9.11. The minimum Gasteiger partial charge on any atom is -0.422 e. The zero-order valence-corrected chi connectivity index (χ0v) is 19.6. The van der Waals surface area contributed by atoms with Crippen LogP contribution in [0.4, 0.5) is 0 Å². The first-order chi connectivity index (χ1) is 15.0. The minimum absolute atomic E-state index is 0.313. The van der Waals surface area contributed by atoms with Gasteiger partial charge in [0.15, 0.2) is 0 Å². The first kappa shape index (κ1) is 21.5. The highest BCUT2D eigenvalue weighted by Crippen LogP contribution is 2.36. The maximum atomic E-state index is 12.7. The van der Waals surface area contributed by atoms with Gasteiger partial charge in [0.05, 0.1) is 16.8 Å². The number of hydrogen-bond donors (Lipinski definition) is 1. The van der Waals surface area contributed by atoms with Crippen molar-refractivity contribution in [2.45, 2.75) is 0 Å². The number of nitrogens with zero attached hydrogens (tertiary/aromatic N) is 1. The molecule has 4 aromatic rings. The molecule has 0 spiro atoms. The van der Waals surface area contributed by atoms with Gasteiger partial charge in [-0.15, -0.1) is 11.3 Å². The molecule has 0 radical (unpaired) electrons. The zero-order valence-electron chi connectivity index (χ0n) is 15.8. The van der Waals surface area contributed by atoms with Gasteiger partial charge in [-0.25, -0.2) is 10.2 Å². The van der Waals surface area contributed by atoms with E-state index in [1.54, 1.807) is 36.4 Å². The van der Waals surface area contributed by atoms with Gasteiger partial charge in [0.1, 0.15) is 10.6 Å². The van der Waals surface area contributed by atoms with Crippen LogP contribution >= 0.6 is 45.5 Å². The third-order valence-corrected chi connectivity index (χ3v) is 6.93. The van der Waals surface area contributed by atoms with Gasteiger partial charge in [0.25, 0.3) is 5.91 Å². The second kappa shape index (κ2) is 9.59. The summed E-state index contributed by atoms with van der Waals surface area (Å²) in [7, 11) is 0. The summed E-state index contributed by atoms with van der Waals surface area (Å²) in [6.45, 7) is 0. The number of benzene rings is 3. The second-order valence-corrected chi connectivity index (χ2v) is 8.94. The van der Waals surface area contributed by atoms with Crippen LogP contribution in [0.1, 0.15) is 25.6 Å². The Morgan fingerprint density at radius 1 is 1.00 bits per heavy atom. The number of amides is 1. The van der Waals surface area contributed by atoms with Crippen molar-refractivity contribution in [2.75, 3.05) is 0 Å². The highest BCUT2D eigenvalue weighted by atomic mass is 127. The van der Waals surface area contributed by atoms with Gasteiger partial charge in [-0.1, -0.05) is 54.1 Å². The van der Waals surface area contributed by atoms with E-state index in [-0.39, 0.29) is 5.91 Å². The number of hydrazone groups is 1. The Bertz CT molecular complexity index is 1320. The largest absolute Gasteiger partial charge is 0.422 e. The van der Waals surface area contributed by atoms with E-state index in [4.69, 9.17) is 16.3 Å². The van der Waals surface area contributed by atoms with Crippen LogP contribution in [-0.2, 0) is 0 Å². The van der Waals surface area contributed by atoms with Crippen LogP contribution in [0.15, 0.2) is 77.9 Å². The maximum absolute atomic E-state index is 12.7. The van der Waals surface area contributed by atoms with E-state index in [0.29, 0.717) is 26.8 Å². The van der Waals surface area contributed by atoms with E-state index >= 15 is 0 Å². The Kier molecular flexibility index (Phi) is 6.64. The molecule has 0 fully saturated rings. The summed E-state index contributed by atoms with van der Waals surface area (Å²) in [6, 6.07) is 21.6. The van der Waals surface area contributed by atoms with E-state index in [0.717, 1.165) is 13.7 Å². The molecule has 1 heterocycles. The molecule has 0 saturated carbocycles. The Labute approximate surface area is 200 Å². The van der Waals surface area contributed by atoms with Crippen LogP contribution in [0.3, 0.4) is 0 Å². The Morgan fingerprint density at radius 2 is 1.71 bits per heavy atom. The number of para-hydroxylation sites is 1. The molecular weight excluding hydrogens is 547 g/mol. The highest BCUT2D eigenvalue weighted by molar-refractivity contribution is 14.1. The van der Waals surface area contributed by atoms with Gasteiger partial charge in [-0.3, -0.25) is 4.79 Å². The van der Waals surface area contributed by atoms with Gasteiger partial charge in [0.2, 0.25) is 0 Å². The van der Waals surface area contributed by atoms with Crippen molar-refractivity contribution in [1.29, 1.82) is 0 Å². The summed E-state index contributed by atoms with van der Waals surface area (Å²) < 4.78 is 7.32. The van der Waals surface area contributed by atoms with E-state index in [1.165, 1.54) is 17.6 Å². The molecule has 4 rings (SSSR count). The van der Waals surface area contributed by atoms with Crippen molar-refractivity contribution in [1.82, 2.24) is 5.43 Å². The first-order valence-corrected chi connectivity index (χ1v) is 11.4. The summed E-state index contributed by atoms with van der Waals surface area (Å²) in [5, 5.41) is 5.20. The molecule has 0 aliphatic heterocycles. The van der Waals surface area contributed by atoms with Crippen LogP contribution in [0.2, 0.25) is 5.02 Å². The van der Waals surface area contributed by atoms with Crippen molar-refractivity contribution in [2.24, 2.45) is 5.10 Å². The zero-order chi connectivity index (χ0) is 21.8. The van der Waals surface area contributed by atoms with Crippen molar-refractivity contribution < 1.29 is 14.3 Å². The lowest BCUT2D eigenvalue weighted by Gasteiger charge is -2.07. The average molecular weight is 561 g/mol. The molecule has 0 unspecified atom stereocenters. The molecule has 1 amide bonds. The number of esters is 1. The third kappa shape index (κ3) is 4.79. The predicted octanol–water partition coefficient (Wildman–Crippen LogP) is 6.14. The van der Waals surface area contributed by atoms with Crippen molar-refractivity contribution in [3.05, 3.63) is 97.4 Å². The van der Waals surface area contributed by atoms with Gasteiger partial charge in [0, 0.05) is 19.2 Å². The number of carbonyl (C=O) groups excluding carboxylic acids is 2. The van der Waals surface area contributed by atoms with E-state index in [2.05, 4.69) is 33.1 Å². The summed E-state index contributed by atoms with van der Waals surface area (Å²) in [6.07, 6.45) is 1.43. The fourth-order valence-corrected chi connectivity index (χ4v) is 4.85. The third-order valence-electron chi connectivity index (χ3n) is 4.33. The van der Waals surface area contributed by atoms with E-state index in [1.807, 2.05) is 36.4 Å².